The lowest BCUT2D eigenvalue weighted by Gasteiger charge is -2.23. The largest absolute Gasteiger partial charge is 0.448 e. The summed E-state index contributed by atoms with van der Waals surface area (Å²) in [6.07, 6.45) is -0.884. The van der Waals surface area contributed by atoms with Gasteiger partial charge in [0.25, 0.3) is 5.91 Å². The van der Waals surface area contributed by atoms with E-state index in [1.54, 1.807) is 29.8 Å². The Morgan fingerprint density at radius 1 is 1.25 bits per heavy atom. The highest BCUT2D eigenvalue weighted by atomic mass is 35.5. The number of carbonyl (C=O) groups is 2. The molecule has 0 spiro atoms. The highest BCUT2D eigenvalue weighted by Crippen LogP contribution is 2.31. The number of hydrogen-bond acceptors (Lipinski definition) is 5. The molecule has 1 amide bonds. The first-order valence-corrected chi connectivity index (χ1v) is 10.0. The lowest BCUT2D eigenvalue weighted by molar-refractivity contribution is -0.130. The number of benzene rings is 1. The molecule has 0 aliphatic rings. The number of aromatic nitrogens is 2. The Kier molecular flexibility index (Phi) is 5.50. The fourth-order valence-electron chi connectivity index (χ4n) is 2.65. The van der Waals surface area contributed by atoms with E-state index >= 15 is 0 Å². The number of nitrogens with one attached hydrogen (secondary N) is 1. The van der Waals surface area contributed by atoms with E-state index in [9.17, 15) is 9.59 Å². The van der Waals surface area contributed by atoms with E-state index in [0.29, 0.717) is 9.90 Å². The van der Waals surface area contributed by atoms with Gasteiger partial charge in [-0.1, -0.05) is 11.6 Å². The summed E-state index contributed by atoms with van der Waals surface area (Å²) in [6.45, 7) is 9.06. The van der Waals surface area contributed by atoms with Gasteiger partial charge >= 0.3 is 5.97 Å². The number of amides is 1. The van der Waals surface area contributed by atoms with Crippen LogP contribution in [-0.4, -0.2) is 33.3 Å². The highest BCUT2D eigenvalue weighted by molar-refractivity contribution is 7.20. The van der Waals surface area contributed by atoms with Crippen LogP contribution < -0.4 is 5.32 Å². The Bertz CT molecular complexity index is 1030. The van der Waals surface area contributed by atoms with Crippen LogP contribution in [0.15, 0.2) is 30.3 Å². The van der Waals surface area contributed by atoms with E-state index in [1.165, 1.54) is 11.3 Å². The number of halogens is 1. The van der Waals surface area contributed by atoms with Crippen molar-refractivity contribution in [2.75, 3.05) is 0 Å². The summed E-state index contributed by atoms with van der Waals surface area (Å²) in [4.78, 5) is 26.0. The summed E-state index contributed by atoms with van der Waals surface area (Å²) in [6, 6.07) is 9.07. The van der Waals surface area contributed by atoms with Gasteiger partial charge in [0.15, 0.2) is 6.10 Å². The third kappa shape index (κ3) is 4.36. The number of carbonyl (C=O) groups excluding carboxylic acids is 2. The van der Waals surface area contributed by atoms with E-state index in [-0.39, 0.29) is 5.91 Å². The predicted octanol–water partition coefficient (Wildman–Crippen LogP) is 4.51. The van der Waals surface area contributed by atoms with Gasteiger partial charge in [0.1, 0.15) is 9.71 Å². The zero-order chi connectivity index (χ0) is 20.6. The standard InChI is InChI=1S/C20H22ClN3O3S/c1-11-15-10-16(19(26)27-12(2)17(25)22-20(3,4)5)28-18(15)24(23-11)14-8-6-13(21)7-9-14/h6-10,12H,1-5H3,(H,22,25)/t12-/m1/s1. The summed E-state index contributed by atoms with van der Waals surface area (Å²) in [7, 11) is 0. The quantitative estimate of drug-likeness (QED) is 0.631. The van der Waals surface area contributed by atoms with Gasteiger partial charge in [-0.15, -0.1) is 11.3 Å². The van der Waals surface area contributed by atoms with Gasteiger partial charge < -0.3 is 10.1 Å². The molecule has 28 heavy (non-hydrogen) atoms. The number of esters is 1. The van der Waals surface area contributed by atoms with Gasteiger partial charge in [-0.25, -0.2) is 9.48 Å². The van der Waals surface area contributed by atoms with Crippen molar-refractivity contribution in [3.8, 4) is 5.69 Å². The molecule has 6 nitrogen and oxygen atoms in total. The molecule has 1 atom stereocenters. The summed E-state index contributed by atoms with van der Waals surface area (Å²) < 4.78 is 7.13. The molecule has 0 saturated carbocycles. The molecule has 0 aliphatic carbocycles. The Morgan fingerprint density at radius 2 is 1.89 bits per heavy atom. The summed E-state index contributed by atoms with van der Waals surface area (Å²) >= 11 is 7.24. The topological polar surface area (TPSA) is 73.2 Å². The number of thiophene rings is 1. The Balaban J connectivity index is 1.84. The van der Waals surface area contributed by atoms with E-state index < -0.39 is 17.6 Å². The SMILES string of the molecule is Cc1nn(-c2ccc(Cl)cc2)c2sc(C(=O)O[C@H](C)C(=O)NC(C)(C)C)cc12. The van der Waals surface area contributed by atoms with Crippen molar-refractivity contribution in [1.29, 1.82) is 0 Å². The Hall–Kier alpha value is -2.38. The Labute approximate surface area is 172 Å². The number of hydrogen-bond donors (Lipinski definition) is 1. The molecule has 8 heteroatoms. The minimum absolute atomic E-state index is 0.328. The third-order valence-electron chi connectivity index (χ3n) is 3.97. The van der Waals surface area contributed by atoms with E-state index in [0.717, 1.165) is 21.6 Å². The minimum Gasteiger partial charge on any atom is -0.448 e. The van der Waals surface area contributed by atoms with Crippen LogP contribution in [0.25, 0.3) is 15.9 Å². The molecule has 148 valence electrons. The van der Waals surface area contributed by atoms with E-state index in [1.807, 2.05) is 39.8 Å². The lowest BCUT2D eigenvalue weighted by Crippen LogP contribution is -2.46. The molecule has 0 bridgehead atoms. The van der Waals surface area contributed by atoms with Crippen molar-refractivity contribution in [3.63, 3.8) is 0 Å². The van der Waals surface area contributed by atoms with Crippen LogP contribution in [0.1, 0.15) is 43.1 Å². The van der Waals surface area contributed by atoms with Crippen molar-refractivity contribution < 1.29 is 14.3 Å². The second-order valence-electron chi connectivity index (χ2n) is 7.59. The molecule has 0 fully saturated rings. The molecular formula is C20H22ClN3O3S. The van der Waals surface area contributed by atoms with E-state index in [2.05, 4.69) is 10.4 Å². The molecular weight excluding hydrogens is 398 g/mol. The average molecular weight is 420 g/mol. The van der Waals surface area contributed by atoms with Crippen LogP contribution in [0.2, 0.25) is 5.02 Å². The second-order valence-corrected chi connectivity index (χ2v) is 9.06. The summed E-state index contributed by atoms with van der Waals surface area (Å²) in [5, 5.41) is 8.87. The minimum atomic E-state index is -0.884. The smallest absolute Gasteiger partial charge is 0.349 e. The lowest BCUT2D eigenvalue weighted by atomic mass is 10.1. The monoisotopic (exact) mass is 419 g/mol. The zero-order valence-electron chi connectivity index (χ0n) is 16.4. The van der Waals surface area contributed by atoms with Crippen LogP contribution in [0.3, 0.4) is 0 Å². The van der Waals surface area contributed by atoms with Crippen molar-refractivity contribution in [2.45, 2.75) is 46.3 Å². The summed E-state index contributed by atoms with van der Waals surface area (Å²) in [5.41, 5.74) is 1.26. The fourth-order valence-corrected chi connectivity index (χ4v) is 3.84. The molecule has 1 aromatic carbocycles. The van der Waals surface area contributed by atoms with Crippen LogP contribution in [-0.2, 0) is 9.53 Å². The second kappa shape index (κ2) is 7.56. The number of nitrogens with zero attached hydrogens (tertiary/aromatic N) is 2. The van der Waals surface area contributed by atoms with Crippen molar-refractivity contribution >= 4 is 45.0 Å². The van der Waals surface area contributed by atoms with Gasteiger partial charge in [-0.3, -0.25) is 4.79 Å². The van der Waals surface area contributed by atoms with Gasteiger partial charge in [-0.2, -0.15) is 5.10 Å². The first-order chi connectivity index (χ1) is 13.0. The number of fused-ring (bicyclic) bond motifs is 1. The van der Waals surface area contributed by atoms with Gasteiger partial charge in [0.05, 0.1) is 11.4 Å². The Morgan fingerprint density at radius 3 is 2.50 bits per heavy atom. The summed E-state index contributed by atoms with van der Waals surface area (Å²) in [5.74, 6) is -0.856. The number of aryl methyl sites for hydroxylation is 1. The first kappa shape index (κ1) is 20.4. The van der Waals surface area contributed by atoms with Crippen molar-refractivity contribution in [3.05, 3.63) is 45.9 Å². The molecule has 3 rings (SSSR count). The van der Waals surface area contributed by atoms with Crippen LogP contribution in [0.4, 0.5) is 0 Å². The maximum atomic E-state index is 12.6. The van der Waals surface area contributed by atoms with Crippen LogP contribution in [0.5, 0.6) is 0 Å². The average Bonchev–Trinajstić information content (AvgIpc) is 3.15. The predicted molar refractivity (Wildman–Crippen MR) is 111 cm³/mol. The van der Waals surface area contributed by atoms with Gasteiger partial charge in [-0.05, 0) is 65.0 Å². The maximum absolute atomic E-state index is 12.6. The van der Waals surface area contributed by atoms with E-state index in [4.69, 9.17) is 16.3 Å². The zero-order valence-corrected chi connectivity index (χ0v) is 17.9. The molecule has 0 unspecified atom stereocenters. The van der Waals surface area contributed by atoms with Crippen LogP contribution >= 0.6 is 22.9 Å². The molecule has 3 aromatic rings. The third-order valence-corrected chi connectivity index (χ3v) is 5.31. The van der Waals surface area contributed by atoms with Gasteiger partial charge in [0.2, 0.25) is 0 Å². The number of rotatable bonds is 4. The first-order valence-electron chi connectivity index (χ1n) is 8.83. The molecule has 0 aliphatic heterocycles. The molecule has 2 aromatic heterocycles. The number of ether oxygens (including phenoxy) is 1. The van der Waals surface area contributed by atoms with Crippen molar-refractivity contribution in [1.82, 2.24) is 15.1 Å². The highest BCUT2D eigenvalue weighted by Gasteiger charge is 2.25. The molecule has 1 N–H and O–H groups in total. The molecule has 2 heterocycles. The molecule has 0 saturated heterocycles. The molecule has 0 radical (unpaired) electrons. The van der Waals surface area contributed by atoms with Gasteiger partial charge in [0, 0.05) is 15.9 Å². The fraction of sp³-hybridized carbons (Fsp3) is 0.350. The van der Waals surface area contributed by atoms with Crippen molar-refractivity contribution in [2.24, 2.45) is 0 Å². The maximum Gasteiger partial charge on any atom is 0.349 e. The van der Waals surface area contributed by atoms with Crippen LogP contribution in [0, 0.1) is 6.92 Å². The normalized spacial score (nSPS) is 12.8.